The number of rotatable bonds is 4. The molecule has 0 spiro atoms. The van der Waals surface area contributed by atoms with E-state index in [0.717, 1.165) is 35.2 Å². The Morgan fingerprint density at radius 1 is 1.23 bits per heavy atom. The van der Waals surface area contributed by atoms with Crippen molar-refractivity contribution in [3.05, 3.63) is 80.4 Å². The first-order valence-electron chi connectivity index (χ1n) is 11.6. The first-order valence-corrected chi connectivity index (χ1v) is 12.0. The fraction of sp³-hybridized carbons (Fsp3) is 0.320. The largest absolute Gasteiger partial charge is 0.324 e. The van der Waals surface area contributed by atoms with Crippen LogP contribution in [-0.4, -0.2) is 49.0 Å². The van der Waals surface area contributed by atoms with Crippen molar-refractivity contribution in [1.82, 2.24) is 29.9 Å². The van der Waals surface area contributed by atoms with E-state index in [-0.39, 0.29) is 23.0 Å². The summed E-state index contributed by atoms with van der Waals surface area (Å²) in [5.74, 6) is 0.434. The van der Waals surface area contributed by atoms with Gasteiger partial charge in [0.1, 0.15) is 5.82 Å². The number of amides is 2. The minimum Gasteiger partial charge on any atom is -0.324 e. The summed E-state index contributed by atoms with van der Waals surface area (Å²) >= 11 is 6.31. The van der Waals surface area contributed by atoms with E-state index in [1.54, 1.807) is 9.58 Å². The van der Waals surface area contributed by atoms with Crippen LogP contribution in [0.4, 0.5) is 10.5 Å². The van der Waals surface area contributed by atoms with Gasteiger partial charge in [-0.3, -0.25) is 4.79 Å². The Bertz CT molecular complexity index is 1460. The third kappa shape index (κ3) is 4.77. The minimum atomic E-state index is -0.340. The number of urea groups is 1. The molecule has 1 saturated heterocycles. The lowest BCUT2D eigenvalue weighted by molar-refractivity contribution is 0.191. The molecule has 9 nitrogen and oxygen atoms in total. The number of aromatic nitrogens is 5. The second-order valence-electron chi connectivity index (χ2n) is 9.00. The van der Waals surface area contributed by atoms with Crippen molar-refractivity contribution in [3.8, 4) is 0 Å². The predicted octanol–water partition coefficient (Wildman–Crippen LogP) is 4.24. The molecule has 35 heavy (non-hydrogen) atoms. The van der Waals surface area contributed by atoms with Gasteiger partial charge in [-0.15, -0.1) is 5.10 Å². The molecule has 5 rings (SSSR count). The number of piperidine rings is 1. The van der Waals surface area contributed by atoms with Gasteiger partial charge in [0.15, 0.2) is 11.2 Å². The molecule has 0 bridgehead atoms. The predicted molar refractivity (Wildman–Crippen MR) is 135 cm³/mol. The fourth-order valence-electron chi connectivity index (χ4n) is 4.42. The maximum atomic E-state index is 13.0. The van der Waals surface area contributed by atoms with Crippen molar-refractivity contribution < 1.29 is 4.79 Å². The lowest BCUT2D eigenvalue weighted by Crippen LogP contribution is -2.42. The first-order chi connectivity index (χ1) is 16.9. The van der Waals surface area contributed by atoms with Crippen LogP contribution in [0, 0.1) is 13.8 Å². The number of nitrogens with one attached hydrogen (secondary N) is 2. The molecule has 0 unspecified atom stereocenters. The molecule has 2 N–H and O–H groups in total. The van der Waals surface area contributed by atoms with Crippen LogP contribution in [0.5, 0.6) is 0 Å². The van der Waals surface area contributed by atoms with Gasteiger partial charge in [-0.05, 0) is 55.5 Å². The maximum absolute atomic E-state index is 13.0. The average Bonchev–Trinajstić information content (AvgIpc) is 3.26. The summed E-state index contributed by atoms with van der Waals surface area (Å²) in [5.41, 5.74) is 4.00. The Labute approximate surface area is 207 Å². The normalized spacial score (nSPS) is 16.0. The van der Waals surface area contributed by atoms with Crippen LogP contribution < -0.4 is 10.9 Å². The molecule has 2 aromatic carbocycles. The van der Waals surface area contributed by atoms with Gasteiger partial charge in [-0.1, -0.05) is 47.1 Å². The van der Waals surface area contributed by atoms with Gasteiger partial charge < -0.3 is 15.2 Å². The average molecular weight is 492 g/mol. The Morgan fingerprint density at radius 3 is 2.89 bits per heavy atom. The third-order valence-electron chi connectivity index (χ3n) is 6.40. The number of carbonyl (C=O) groups excluding carboxylic acids is 1. The molecular formula is C25H26ClN7O2. The molecule has 3 heterocycles. The highest BCUT2D eigenvalue weighted by molar-refractivity contribution is 6.31. The van der Waals surface area contributed by atoms with Gasteiger partial charge in [0, 0.05) is 29.7 Å². The number of anilines is 1. The SMILES string of the molecule is Cc1ccc(C)c(NC(=O)N2CCC[C@@H](c3nc4c(nnn4Cc4ccccc4Cl)c(=O)[nH]3)C2)c1. The van der Waals surface area contributed by atoms with Gasteiger partial charge in [0.05, 0.1) is 6.54 Å². The first kappa shape index (κ1) is 23.0. The molecule has 10 heteroatoms. The smallest absolute Gasteiger partial charge is 0.321 e. The van der Waals surface area contributed by atoms with E-state index in [0.29, 0.717) is 36.1 Å². The molecule has 1 fully saturated rings. The Kier molecular flexibility index (Phi) is 6.25. The molecule has 0 saturated carbocycles. The topological polar surface area (TPSA) is 109 Å². The Balaban J connectivity index is 1.38. The van der Waals surface area contributed by atoms with Gasteiger partial charge in [0.2, 0.25) is 0 Å². The van der Waals surface area contributed by atoms with Crippen LogP contribution in [0.15, 0.2) is 47.3 Å². The number of hydrogen-bond acceptors (Lipinski definition) is 5. The number of H-pyrrole nitrogens is 1. The number of aryl methyl sites for hydroxylation is 2. The van der Waals surface area contributed by atoms with Crippen molar-refractivity contribution in [3.63, 3.8) is 0 Å². The highest BCUT2D eigenvalue weighted by Gasteiger charge is 2.28. The number of nitrogens with zero attached hydrogens (tertiary/aromatic N) is 5. The lowest BCUT2D eigenvalue weighted by atomic mass is 9.97. The van der Waals surface area contributed by atoms with E-state index in [2.05, 4.69) is 20.6 Å². The quantitative estimate of drug-likeness (QED) is 0.443. The minimum absolute atomic E-state index is 0.103. The van der Waals surface area contributed by atoms with E-state index >= 15 is 0 Å². The molecule has 2 aromatic heterocycles. The summed E-state index contributed by atoms with van der Waals surface area (Å²) in [5, 5.41) is 11.8. The summed E-state index contributed by atoms with van der Waals surface area (Å²) in [6.07, 6.45) is 1.62. The molecule has 180 valence electrons. The summed E-state index contributed by atoms with van der Waals surface area (Å²) < 4.78 is 1.59. The number of fused-ring (bicyclic) bond motifs is 1. The van der Waals surface area contributed by atoms with Crippen molar-refractivity contribution in [2.24, 2.45) is 0 Å². The fourth-order valence-corrected chi connectivity index (χ4v) is 4.62. The number of benzene rings is 2. The summed E-state index contributed by atoms with van der Waals surface area (Å²) in [4.78, 5) is 35.2. The van der Waals surface area contributed by atoms with E-state index < -0.39 is 0 Å². The van der Waals surface area contributed by atoms with Crippen LogP contribution in [0.1, 0.15) is 41.3 Å². The molecule has 4 aromatic rings. The molecule has 1 aliphatic heterocycles. The number of hydrogen-bond donors (Lipinski definition) is 2. The van der Waals surface area contributed by atoms with Gasteiger partial charge in [-0.25, -0.2) is 14.5 Å². The molecule has 0 aliphatic carbocycles. The van der Waals surface area contributed by atoms with E-state index in [4.69, 9.17) is 16.6 Å². The van der Waals surface area contributed by atoms with Crippen molar-refractivity contribution >= 4 is 34.5 Å². The van der Waals surface area contributed by atoms with E-state index in [1.165, 1.54) is 0 Å². The summed E-state index contributed by atoms with van der Waals surface area (Å²) in [7, 11) is 0. The van der Waals surface area contributed by atoms with Crippen LogP contribution in [0.3, 0.4) is 0 Å². The second kappa shape index (κ2) is 9.50. The van der Waals surface area contributed by atoms with Crippen molar-refractivity contribution in [2.75, 3.05) is 18.4 Å². The zero-order chi connectivity index (χ0) is 24.5. The second-order valence-corrected chi connectivity index (χ2v) is 9.40. The van der Waals surface area contributed by atoms with Gasteiger partial charge in [0.25, 0.3) is 5.56 Å². The van der Waals surface area contributed by atoms with Crippen LogP contribution in [0.2, 0.25) is 5.02 Å². The van der Waals surface area contributed by atoms with Crippen LogP contribution in [-0.2, 0) is 6.54 Å². The highest BCUT2D eigenvalue weighted by Crippen LogP contribution is 2.26. The van der Waals surface area contributed by atoms with Crippen LogP contribution in [0.25, 0.3) is 11.2 Å². The van der Waals surface area contributed by atoms with Crippen molar-refractivity contribution in [2.45, 2.75) is 39.2 Å². The highest BCUT2D eigenvalue weighted by atomic mass is 35.5. The van der Waals surface area contributed by atoms with Gasteiger partial charge in [-0.2, -0.15) is 0 Å². The Hall–Kier alpha value is -3.72. The zero-order valence-corrected chi connectivity index (χ0v) is 20.3. The summed E-state index contributed by atoms with van der Waals surface area (Å²) in [6, 6.07) is 13.3. The zero-order valence-electron chi connectivity index (χ0n) is 19.6. The molecular weight excluding hydrogens is 466 g/mol. The number of carbonyl (C=O) groups is 1. The monoisotopic (exact) mass is 491 g/mol. The third-order valence-corrected chi connectivity index (χ3v) is 6.77. The van der Waals surface area contributed by atoms with Crippen LogP contribution >= 0.6 is 11.6 Å². The van der Waals surface area contributed by atoms with E-state index in [1.807, 2.05) is 56.3 Å². The molecule has 2 amide bonds. The van der Waals surface area contributed by atoms with Crippen molar-refractivity contribution in [1.29, 1.82) is 0 Å². The molecule has 1 atom stereocenters. The number of halogens is 1. The molecule has 1 aliphatic rings. The standard InChI is InChI=1S/C25H26ClN7O2/c1-15-9-10-16(2)20(12-15)27-25(35)32-11-5-7-18(13-32)22-28-23-21(24(34)29-22)30-31-33(23)14-17-6-3-4-8-19(17)26/h3-4,6,8-10,12,18H,5,7,11,13-14H2,1-2H3,(H,27,35)(H,28,29,34)/t18-/m1/s1. The molecule has 0 radical (unpaired) electrons. The lowest BCUT2D eigenvalue weighted by Gasteiger charge is -2.32. The Morgan fingerprint density at radius 2 is 2.06 bits per heavy atom. The van der Waals surface area contributed by atoms with E-state index in [9.17, 15) is 9.59 Å². The van der Waals surface area contributed by atoms with Gasteiger partial charge >= 0.3 is 6.03 Å². The summed E-state index contributed by atoms with van der Waals surface area (Å²) in [6.45, 7) is 5.41. The number of aromatic amines is 1. The number of likely N-dealkylation sites (tertiary alicyclic amines) is 1. The maximum Gasteiger partial charge on any atom is 0.321 e.